The Kier molecular flexibility index (Phi) is 4.68. The molecule has 4 nitrogen and oxygen atoms in total. The lowest BCUT2D eigenvalue weighted by Crippen LogP contribution is -2.18. The summed E-state index contributed by atoms with van der Waals surface area (Å²) < 4.78 is 12.7. The molecule has 2 aliphatic rings. The van der Waals surface area contributed by atoms with Gasteiger partial charge in [-0.2, -0.15) is 5.10 Å². The molecule has 5 rings (SSSR count). The first kappa shape index (κ1) is 17.6. The molecule has 28 heavy (non-hydrogen) atoms. The number of para-hydroxylation sites is 1. The summed E-state index contributed by atoms with van der Waals surface area (Å²) in [7, 11) is 0. The van der Waals surface area contributed by atoms with Gasteiger partial charge in [0.25, 0.3) is 0 Å². The van der Waals surface area contributed by atoms with E-state index in [-0.39, 0.29) is 6.04 Å². The van der Waals surface area contributed by atoms with E-state index < -0.39 is 0 Å². The second-order valence-corrected chi connectivity index (χ2v) is 8.10. The SMILES string of the molecule is Ic1ccc(C2CC(c3ccc4c(c3)OCCO4)=NN2c2ccccc2)cc1. The van der Waals surface area contributed by atoms with Gasteiger partial charge in [0.05, 0.1) is 17.4 Å². The van der Waals surface area contributed by atoms with Crippen LogP contribution in [0, 0.1) is 3.57 Å². The minimum Gasteiger partial charge on any atom is -0.486 e. The summed E-state index contributed by atoms with van der Waals surface area (Å²) in [6, 6.07) is 25.3. The molecule has 0 bridgehead atoms. The summed E-state index contributed by atoms with van der Waals surface area (Å²) in [6.07, 6.45) is 0.842. The predicted octanol–water partition coefficient (Wildman–Crippen LogP) is 5.42. The zero-order valence-electron chi connectivity index (χ0n) is 15.2. The molecule has 2 aliphatic heterocycles. The molecule has 0 N–H and O–H groups in total. The molecular formula is C23H19IN2O2. The van der Waals surface area contributed by atoms with Gasteiger partial charge in [0.2, 0.25) is 0 Å². The van der Waals surface area contributed by atoms with Crippen molar-refractivity contribution in [2.45, 2.75) is 12.5 Å². The number of anilines is 1. The van der Waals surface area contributed by atoms with Crippen LogP contribution in [0.25, 0.3) is 0 Å². The zero-order chi connectivity index (χ0) is 18.9. The monoisotopic (exact) mass is 482 g/mol. The summed E-state index contributed by atoms with van der Waals surface area (Å²) in [5, 5.41) is 7.14. The molecule has 3 aromatic carbocycles. The Labute approximate surface area is 177 Å². The van der Waals surface area contributed by atoms with Crippen LogP contribution in [-0.4, -0.2) is 18.9 Å². The number of rotatable bonds is 3. The van der Waals surface area contributed by atoms with Crippen molar-refractivity contribution in [3.63, 3.8) is 0 Å². The van der Waals surface area contributed by atoms with Crippen LogP contribution < -0.4 is 14.5 Å². The van der Waals surface area contributed by atoms with Crippen LogP contribution >= 0.6 is 22.6 Å². The van der Waals surface area contributed by atoms with Gasteiger partial charge in [-0.15, -0.1) is 0 Å². The molecule has 140 valence electrons. The number of halogens is 1. The molecule has 1 unspecified atom stereocenters. The molecular weight excluding hydrogens is 463 g/mol. The first-order valence-corrected chi connectivity index (χ1v) is 10.4. The van der Waals surface area contributed by atoms with Gasteiger partial charge in [-0.1, -0.05) is 30.3 Å². The van der Waals surface area contributed by atoms with E-state index in [4.69, 9.17) is 14.6 Å². The number of benzene rings is 3. The number of ether oxygens (including phenoxy) is 2. The maximum absolute atomic E-state index is 5.77. The van der Waals surface area contributed by atoms with Gasteiger partial charge in [0, 0.05) is 15.6 Å². The Morgan fingerprint density at radius 1 is 0.857 bits per heavy atom. The van der Waals surface area contributed by atoms with Crippen LogP contribution in [0.5, 0.6) is 11.5 Å². The topological polar surface area (TPSA) is 34.1 Å². The van der Waals surface area contributed by atoms with Gasteiger partial charge < -0.3 is 9.47 Å². The number of hydrogen-bond donors (Lipinski definition) is 0. The van der Waals surface area contributed by atoms with E-state index in [2.05, 4.69) is 82.2 Å². The lowest BCUT2D eigenvalue weighted by Gasteiger charge is -2.24. The molecule has 0 spiro atoms. The molecule has 0 aliphatic carbocycles. The highest BCUT2D eigenvalue weighted by atomic mass is 127. The summed E-state index contributed by atoms with van der Waals surface area (Å²) >= 11 is 2.34. The molecule has 3 aromatic rings. The van der Waals surface area contributed by atoms with Gasteiger partial charge in [-0.25, -0.2) is 0 Å². The molecule has 5 heteroatoms. The Hall–Kier alpha value is -2.54. The zero-order valence-corrected chi connectivity index (χ0v) is 17.4. The van der Waals surface area contributed by atoms with Gasteiger partial charge in [-0.3, -0.25) is 5.01 Å². The van der Waals surface area contributed by atoms with Gasteiger partial charge in [0.1, 0.15) is 13.2 Å². The number of hydrazone groups is 1. The van der Waals surface area contributed by atoms with Gasteiger partial charge >= 0.3 is 0 Å². The first-order chi connectivity index (χ1) is 13.8. The van der Waals surface area contributed by atoms with Crippen molar-refractivity contribution in [3.8, 4) is 11.5 Å². The van der Waals surface area contributed by atoms with Crippen LogP contribution in [0.15, 0.2) is 77.9 Å². The van der Waals surface area contributed by atoms with Crippen molar-refractivity contribution in [3.05, 3.63) is 87.5 Å². The molecule has 0 saturated heterocycles. The fourth-order valence-electron chi connectivity index (χ4n) is 3.67. The third kappa shape index (κ3) is 3.35. The largest absolute Gasteiger partial charge is 0.486 e. The molecule has 0 amide bonds. The van der Waals surface area contributed by atoms with Crippen molar-refractivity contribution < 1.29 is 9.47 Å². The third-order valence-electron chi connectivity index (χ3n) is 5.06. The standard InChI is InChI=1S/C23H19IN2O2/c24-18-9-6-16(7-10-18)21-15-20(25-26(21)19-4-2-1-3-5-19)17-8-11-22-23(14-17)28-13-12-27-22/h1-11,14,21H,12-13,15H2. The average Bonchev–Trinajstić information content (AvgIpc) is 3.20. The van der Waals surface area contributed by atoms with E-state index in [1.807, 2.05) is 18.2 Å². The van der Waals surface area contributed by atoms with Crippen molar-refractivity contribution in [1.29, 1.82) is 0 Å². The normalized spacial score (nSPS) is 18.1. The maximum atomic E-state index is 5.77. The third-order valence-corrected chi connectivity index (χ3v) is 5.78. The summed E-state index contributed by atoms with van der Waals surface area (Å²) in [5.74, 6) is 1.61. The Bertz CT molecular complexity index is 1020. The smallest absolute Gasteiger partial charge is 0.162 e. The van der Waals surface area contributed by atoms with Crippen molar-refractivity contribution >= 4 is 34.0 Å². The lowest BCUT2D eigenvalue weighted by molar-refractivity contribution is 0.171. The number of fused-ring (bicyclic) bond motifs is 1. The van der Waals surface area contributed by atoms with Crippen molar-refractivity contribution in [1.82, 2.24) is 0 Å². The van der Waals surface area contributed by atoms with E-state index >= 15 is 0 Å². The lowest BCUT2D eigenvalue weighted by atomic mass is 9.98. The maximum Gasteiger partial charge on any atom is 0.162 e. The molecule has 1 atom stereocenters. The summed E-state index contributed by atoms with van der Waals surface area (Å²) in [4.78, 5) is 0. The molecule has 2 heterocycles. The highest BCUT2D eigenvalue weighted by Gasteiger charge is 2.30. The predicted molar refractivity (Wildman–Crippen MR) is 119 cm³/mol. The van der Waals surface area contributed by atoms with Crippen LogP contribution in [0.2, 0.25) is 0 Å². The summed E-state index contributed by atoms with van der Waals surface area (Å²) in [6.45, 7) is 1.19. The van der Waals surface area contributed by atoms with E-state index in [9.17, 15) is 0 Å². The molecule has 0 radical (unpaired) electrons. The Morgan fingerprint density at radius 2 is 1.61 bits per heavy atom. The van der Waals surface area contributed by atoms with Gasteiger partial charge in [-0.05, 0) is 70.6 Å². The number of nitrogens with zero attached hydrogens (tertiary/aromatic N) is 2. The highest BCUT2D eigenvalue weighted by molar-refractivity contribution is 14.1. The van der Waals surface area contributed by atoms with Gasteiger partial charge in [0.15, 0.2) is 11.5 Å². The average molecular weight is 482 g/mol. The second kappa shape index (κ2) is 7.47. The summed E-state index contributed by atoms with van der Waals surface area (Å²) in [5.41, 5.74) is 4.50. The van der Waals surface area contributed by atoms with Crippen LogP contribution in [-0.2, 0) is 0 Å². The fourth-order valence-corrected chi connectivity index (χ4v) is 4.03. The van der Waals surface area contributed by atoms with Crippen molar-refractivity contribution in [2.75, 3.05) is 18.2 Å². The second-order valence-electron chi connectivity index (χ2n) is 6.86. The van der Waals surface area contributed by atoms with E-state index in [0.717, 1.165) is 34.9 Å². The molecule has 0 fully saturated rings. The Balaban J connectivity index is 1.53. The van der Waals surface area contributed by atoms with E-state index in [0.29, 0.717) is 13.2 Å². The van der Waals surface area contributed by atoms with E-state index in [1.165, 1.54) is 9.13 Å². The molecule has 0 saturated carbocycles. The van der Waals surface area contributed by atoms with Crippen LogP contribution in [0.4, 0.5) is 5.69 Å². The quantitative estimate of drug-likeness (QED) is 0.468. The minimum absolute atomic E-state index is 0.169. The highest BCUT2D eigenvalue weighted by Crippen LogP contribution is 2.38. The fraction of sp³-hybridized carbons (Fsp3) is 0.174. The minimum atomic E-state index is 0.169. The number of hydrogen-bond acceptors (Lipinski definition) is 4. The van der Waals surface area contributed by atoms with Crippen molar-refractivity contribution in [2.24, 2.45) is 5.10 Å². The first-order valence-electron chi connectivity index (χ1n) is 9.35. The van der Waals surface area contributed by atoms with Crippen LogP contribution in [0.3, 0.4) is 0 Å². The molecule has 0 aromatic heterocycles. The van der Waals surface area contributed by atoms with Crippen LogP contribution in [0.1, 0.15) is 23.6 Å². The Morgan fingerprint density at radius 3 is 2.39 bits per heavy atom. The van der Waals surface area contributed by atoms with E-state index in [1.54, 1.807) is 0 Å².